The second kappa shape index (κ2) is 10.3. The highest BCUT2D eigenvalue weighted by molar-refractivity contribution is 5.75. The van der Waals surface area contributed by atoms with Crippen LogP contribution in [0.2, 0.25) is 0 Å². The van der Waals surface area contributed by atoms with Crippen LogP contribution in [-0.2, 0) is 17.0 Å². The standard InChI is InChI=1S/C26H30F6N2O/c1-7-22(35)33-14-20-10-9-19(11-15(20)3)18(6)34-23-16(4)12-21(13-17(23)5)25(29,26(30,31)32)24(27,28)8-2/h8-13,18,34H,2,7,14H2,1,3-6H3,(H,33,35). The smallest absolute Gasteiger partial charge is 0.378 e. The number of carbonyl (C=O) groups excluding carboxylic acids is 1. The number of alkyl halides is 6. The molecule has 0 aliphatic rings. The summed E-state index contributed by atoms with van der Waals surface area (Å²) in [6.07, 6.45) is -5.80. The summed E-state index contributed by atoms with van der Waals surface area (Å²) in [4.78, 5) is 11.5. The van der Waals surface area contributed by atoms with Crippen LogP contribution >= 0.6 is 0 Å². The van der Waals surface area contributed by atoms with E-state index in [0.29, 0.717) is 18.7 Å². The number of nitrogens with one attached hydrogen (secondary N) is 2. The SMILES string of the molecule is C=CC(F)(F)C(F)(c1cc(C)c(NC(C)c2ccc(CNC(=O)CC)c(C)c2)c(C)c1)C(F)(F)F. The number of halogens is 6. The highest BCUT2D eigenvalue weighted by atomic mass is 19.4. The second-order valence-electron chi connectivity index (χ2n) is 8.65. The first-order chi connectivity index (χ1) is 16.1. The molecule has 2 aromatic carbocycles. The average Bonchev–Trinajstić information content (AvgIpc) is 2.78. The Morgan fingerprint density at radius 1 is 1.00 bits per heavy atom. The van der Waals surface area contributed by atoms with Gasteiger partial charge in [0.1, 0.15) is 0 Å². The molecule has 2 rings (SSSR count). The van der Waals surface area contributed by atoms with E-state index in [4.69, 9.17) is 0 Å². The molecule has 3 nitrogen and oxygen atoms in total. The first-order valence-corrected chi connectivity index (χ1v) is 11.1. The van der Waals surface area contributed by atoms with E-state index in [-0.39, 0.29) is 29.2 Å². The van der Waals surface area contributed by atoms with Crippen LogP contribution in [0.25, 0.3) is 0 Å². The molecule has 0 aromatic heterocycles. The van der Waals surface area contributed by atoms with Gasteiger partial charge in [0.25, 0.3) is 5.67 Å². The molecular weight excluding hydrogens is 470 g/mol. The van der Waals surface area contributed by atoms with Gasteiger partial charge in [-0.15, -0.1) is 0 Å². The van der Waals surface area contributed by atoms with Gasteiger partial charge in [-0.1, -0.05) is 43.8 Å². The molecule has 0 aliphatic heterocycles. The molecule has 0 saturated heterocycles. The Hall–Kier alpha value is -2.97. The first-order valence-electron chi connectivity index (χ1n) is 11.1. The lowest BCUT2D eigenvalue weighted by Crippen LogP contribution is -2.51. The Morgan fingerprint density at radius 2 is 1.57 bits per heavy atom. The van der Waals surface area contributed by atoms with Crippen molar-refractivity contribution in [3.63, 3.8) is 0 Å². The van der Waals surface area contributed by atoms with Crippen LogP contribution in [0.3, 0.4) is 0 Å². The fourth-order valence-corrected chi connectivity index (χ4v) is 3.88. The number of allylic oxidation sites excluding steroid dienone is 1. The molecule has 9 heteroatoms. The van der Waals surface area contributed by atoms with Crippen molar-refractivity contribution in [1.29, 1.82) is 0 Å². The molecule has 2 aromatic rings. The predicted octanol–water partition coefficient (Wildman–Crippen LogP) is 7.36. The third-order valence-electron chi connectivity index (χ3n) is 6.06. The van der Waals surface area contributed by atoms with Gasteiger partial charge in [-0.25, -0.2) is 4.39 Å². The van der Waals surface area contributed by atoms with Crippen molar-refractivity contribution in [1.82, 2.24) is 5.32 Å². The number of carbonyl (C=O) groups is 1. The molecule has 0 bridgehead atoms. The van der Waals surface area contributed by atoms with E-state index in [2.05, 4.69) is 17.2 Å². The van der Waals surface area contributed by atoms with Crippen LogP contribution in [0.5, 0.6) is 0 Å². The van der Waals surface area contributed by atoms with E-state index >= 15 is 4.39 Å². The van der Waals surface area contributed by atoms with E-state index in [0.717, 1.165) is 28.8 Å². The Labute approximate surface area is 201 Å². The van der Waals surface area contributed by atoms with Gasteiger partial charge in [-0.2, -0.15) is 22.0 Å². The quantitative estimate of drug-likeness (QED) is 0.279. The molecule has 1 amide bonds. The summed E-state index contributed by atoms with van der Waals surface area (Å²) in [5.41, 5.74) is -2.56. The average molecular weight is 501 g/mol. The van der Waals surface area contributed by atoms with Gasteiger partial charge >= 0.3 is 12.1 Å². The summed E-state index contributed by atoms with van der Waals surface area (Å²) >= 11 is 0. The number of rotatable bonds is 9. The van der Waals surface area contributed by atoms with E-state index in [9.17, 15) is 26.7 Å². The van der Waals surface area contributed by atoms with Crippen LogP contribution < -0.4 is 10.6 Å². The van der Waals surface area contributed by atoms with Gasteiger partial charge in [-0.05, 0) is 61.6 Å². The van der Waals surface area contributed by atoms with Crippen molar-refractivity contribution < 1.29 is 31.1 Å². The lowest BCUT2D eigenvalue weighted by Gasteiger charge is -2.34. The van der Waals surface area contributed by atoms with Crippen LogP contribution in [0.1, 0.15) is 59.7 Å². The zero-order valence-corrected chi connectivity index (χ0v) is 20.3. The van der Waals surface area contributed by atoms with Crippen molar-refractivity contribution in [2.45, 2.75) is 71.4 Å². The maximum absolute atomic E-state index is 15.1. The highest BCUT2D eigenvalue weighted by Crippen LogP contribution is 2.53. The van der Waals surface area contributed by atoms with Crippen molar-refractivity contribution in [3.8, 4) is 0 Å². The molecule has 0 fully saturated rings. The van der Waals surface area contributed by atoms with Gasteiger partial charge in [-0.3, -0.25) is 4.79 Å². The molecule has 0 radical (unpaired) electrons. The Bertz CT molecular complexity index is 1070. The molecule has 2 unspecified atom stereocenters. The summed E-state index contributed by atoms with van der Waals surface area (Å²) in [5, 5.41) is 6.00. The number of benzene rings is 2. The Balaban J connectivity index is 2.36. The third-order valence-corrected chi connectivity index (χ3v) is 6.06. The minimum atomic E-state index is -5.86. The number of hydrogen-bond acceptors (Lipinski definition) is 2. The normalized spacial score (nSPS) is 14.7. The summed E-state index contributed by atoms with van der Waals surface area (Å²) < 4.78 is 83.8. The topological polar surface area (TPSA) is 41.1 Å². The maximum atomic E-state index is 15.1. The fraction of sp³-hybridized carbons (Fsp3) is 0.423. The van der Waals surface area contributed by atoms with Crippen LogP contribution in [0, 0.1) is 20.8 Å². The molecule has 0 heterocycles. The summed E-state index contributed by atoms with van der Waals surface area (Å²) in [5.74, 6) is -4.92. The highest BCUT2D eigenvalue weighted by Gasteiger charge is 2.71. The van der Waals surface area contributed by atoms with Gasteiger partial charge in [0.2, 0.25) is 5.91 Å². The van der Waals surface area contributed by atoms with E-state index in [1.165, 1.54) is 13.8 Å². The lowest BCUT2D eigenvalue weighted by atomic mass is 9.85. The van der Waals surface area contributed by atoms with Gasteiger partial charge in [0, 0.05) is 30.3 Å². The Morgan fingerprint density at radius 3 is 2.03 bits per heavy atom. The minimum absolute atomic E-state index is 0.0633. The third kappa shape index (κ3) is 5.65. The van der Waals surface area contributed by atoms with Crippen LogP contribution in [-0.4, -0.2) is 18.0 Å². The van der Waals surface area contributed by atoms with E-state index < -0.39 is 23.3 Å². The molecule has 0 aliphatic carbocycles. The summed E-state index contributed by atoms with van der Waals surface area (Å²) in [6, 6.07) is 6.93. The van der Waals surface area contributed by atoms with Crippen molar-refractivity contribution in [2.75, 3.05) is 5.32 Å². The first kappa shape index (κ1) is 28.3. The summed E-state index contributed by atoms with van der Waals surface area (Å²) in [6.45, 7) is 11.4. The number of anilines is 1. The molecule has 2 N–H and O–H groups in total. The van der Waals surface area contributed by atoms with E-state index in [1.807, 2.05) is 32.0 Å². The van der Waals surface area contributed by atoms with Crippen molar-refractivity contribution in [2.24, 2.45) is 0 Å². The van der Waals surface area contributed by atoms with Crippen molar-refractivity contribution >= 4 is 11.6 Å². The molecular formula is C26H30F6N2O. The Kier molecular flexibility index (Phi) is 8.35. The summed E-state index contributed by atoms with van der Waals surface area (Å²) in [7, 11) is 0. The fourth-order valence-electron chi connectivity index (χ4n) is 3.88. The van der Waals surface area contributed by atoms with E-state index in [1.54, 1.807) is 6.92 Å². The molecule has 0 spiro atoms. The van der Waals surface area contributed by atoms with Gasteiger partial charge < -0.3 is 10.6 Å². The number of hydrogen-bond donors (Lipinski definition) is 2. The molecule has 192 valence electrons. The maximum Gasteiger partial charge on any atom is 0.433 e. The zero-order valence-electron chi connectivity index (χ0n) is 20.3. The van der Waals surface area contributed by atoms with Crippen LogP contribution in [0.4, 0.5) is 32.0 Å². The number of amides is 1. The van der Waals surface area contributed by atoms with Crippen LogP contribution in [0.15, 0.2) is 43.0 Å². The number of aryl methyl sites for hydroxylation is 3. The molecule has 0 saturated carbocycles. The second-order valence-corrected chi connectivity index (χ2v) is 8.65. The minimum Gasteiger partial charge on any atom is -0.378 e. The molecule has 35 heavy (non-hydrogen) atoms. The monoisotopic (exact) mass is 500 g/mol. The van der Waals surface area contributed by atoms with Gasteiger partial charge in [0.05, 0.1) is 0 Å². The largest absolute Gasteiger partial charge is 0.433 e. The predicted molar refractivity (Wildman–Crippen MR) is 125 cm³/mol. The zero-order chi connectivity index (χ0) is 26.8. The van der Waals surface area contributed by atoms with Crippen molar-refractivity contribution in [3.05, 3.63) is 76.4 Å². The molecule has 2 atom stereocenters. The van der Waals surface area contributed by atoms with Gasteiger partial charge in [0.15, 0.2) is 0 Å². The lowest BCUT2D eigenvalue weighted by molar-refractivity contribution is -0.296.